The van der Waals surface area contributed by atoms with Crippen LogP contribution < -0.4 is 5.73 Å². The number of imidazole rings is 1. The molecule has 1 aromatic carbocycles. The quantitative estimate of drug-likeness (QED) is 0.774. The molecule has 19 heavy (non-hydrogen) atoms. The fourth-order valence-electron chi connectivity index (χ4n) is 2.03. The van der Waals surface area contributed by atoms with E-state index in [0.29, 0.717) is 17.9 Å². The molecule has 0 aliphatic carbocycles. The first-order chi connectivity index (χ1) is 9.28. The Morgan fingerprint density at radius 3 is 3.00 bits per heavy atom. The van der Waals surface area contributed by atoms with Crippen molar-refractivity contribution < 1.29 is 0 Å². The minimum Gasteiger partial charge on any atom is -0.382 e. The van der Waals surface area contributed by atoms with E-state index in [9.17, 15) is 0 Å². The van der Waals surface area contributed by atoms with Gasteiger partial charge in [0.2, 0.25) is 0 Å². The molecule has 3 aromatic rings. The van der Waals surface area contributed by atoms with E-state index in [1.165, 1.54) is 6.33 Å². The van der Waals surface area contributed by atoms with Crippen molar-refractivity contribution in [2.75, 3.05) is 5.73 Å². The van der Waals surface area contributed by atoms with Crippen LogP contribution in [0, 0.1) is 0 Å². The zero-order valence-electron chi connectivity index (χ0n) is 10.3. The Bertz CT molecular complexity index is 744. The van der Waals surface area contributed by atoms with Gasteiger partial charge >= 0.3 is 0 Å². The van der Waals surface area contributed by atoms with Gasteiger partial charge < -0.3 is 10.3 Å². The Labute approximate surface area is 110 Å². The van der Waals surface area contributed by atoms with Gasteiger partial charge in [-0.15, -0.1) is 0 Å². The number of nitrogen functional groups attached to an aromatic ring is 1. The lowest BCUT2D eigenvalue weighted by atomic mass is 10.1. The second-order valence-electron chi connectivity index (χ2n) is 4.25. The molecule has 0 aliphatic heterocycles. The van der Waals surface area contributed by atoms with E-state index >= 15 is 0 Å². The lowest BCUT2D eigenvalue weighted by Gasteiger charge is -2.05. The molecular formula is C14H13N5. The molecule has 2 heterocycles. The van der Waals surface area contributed by atoms with E-state index in [1.54, 1.807) is 6.33 Å². The molecule has 5 heteroatoms. The third-order valence-electron chi connectivity index (χ3n) is 2.97. The van der Waals surface area contributed by atoms with Crippen molar-refractivity contribution in [3.63, 3.8) is 0 Å². The number of nitrogens with two attached hydrogens (primary N) is 1. The molecule has 0 aliphatic rings. The number of rotatable bonds is 3. The molecule has 0 saturated heterocycles. The summed E-state index contributed by atoms with van der Waals surface area (Å²) in [5, 5.41) is 0. The van der Waals surface area contributed by atoms with Gasteiger partial charge in [0.15, 0.2) is 11.5 Å². The molecule has 0 spiro atoms. The lowest BCUT2D eigenvalue weighted by Crippen LogP contribution is -2.00. The normalized spacial score (nSPS) is 10.7. The Balaban J connectivity index is 2.01. The molecule has 5 nitrogen and oxygen atoms in total. The number of hydrogen-bond acceptors (Lipinski definition) is 4. The van der Waals surface area contributed by atoms with E-state index in [0.717, 1.165) is 16.8 Å². The second-order valence-corrected chi connectivity index (χ2v) is 4.25. The van der Waals surface area contributed by atoms with Crippen LogP contribution in [0.1, 0.15) is 11.1 Å². The van der Waals surface area contributed by atoms with E-state index < -0.39 is 0 Å². The van der Waals surface area contributed by atoms with Gasteiger partial charge in [0.1, 0.15) is 11.8 Å². The molecule has 0 radical (unpaired) electrons. The van der Waals surface area contributed by atoms with Crippen molar-refractivity contribution >= 4 is 23.1 Å². The summed E-state index contributed by atoms with van der Waals surface area (Å²) in [5.41, 5.74) is 9.41. The Morgan fingerprint density at radius 2 is 2.16 bits per heavy atom. The molecule has 0 bridgehead atoms. The Morgan fingerprint density at radius 1 is 1.26 bits per heavy atom. The summed E-state index contributed by atoms with van der Waals surface area (Å²) in [6, 6.07) is 8.17. The molecule has 94 valence electrons. The van der Waals surface area contributed by atoms with Crippen molar-refractivity contribution in [2.45, 2.75) is 6.54 Å². The Hall–Kier alpha value is -2.69. The molecule has 3 rings (SSSR count). The van der Waals surface area contributed by atoms with Gasteiger partial charge in [-0.25, -0.2) is 15.0 Å². The van der Waals surface area contributed by atoms with Crippen LogP contribution in [0.3, 0.4) is 0 Å². The monoisotopic (exact) mass is 251 g/mol. The van der Waals surface area contributed by atoms with Crippen molar-refractivity contribution in [3.05, 3.63) is 54.6 Å². The molecular weight excluding hydrogens is 238 g/mol. The van der Waals surface area contributed by atoms with Crippen LogP contribution in [0.25, 0.3) is 17.2 Å². The standard InChI is InChI=1S/C14H13N5/c1-2-10-4-3-5-11(6-10)7-19-9-18-12-13(15)16-8-17-14(12)19/h2-6,8-9H,1,7H2,(H2,15,16,17). The summed E-state index contributed by atoms with van der Waals surface area (Å²) in [4.78, 5) is 12.4. The lowest BCUT2D eigenvalue weighted by molar-refractivity contribution is 0.813. The summed E-state index contributed by atoms with van der Waals surface area (Å²) < 4.78 is 1.95. The summed E-state index contributed by atoms with van der Waals surface area (Å²) in [7, 11) is 0. The van der Waals surface area contributed by atoms with E-state index in [-0.39, 0.29) is 0 Å². The van der Waals surface area contributed by atoms with Crippen LogP contribution in [-0.2, 0) is 6.54 Å². The maximum Gasteiger partial charge on any atom is 0.165 e. The van der Waals surface area contributed by atoms with Gasteiger partial charge in [-0.3, -0.25) is 0 Å². The molecule has 0 amide bonds. The molecule has 2 N–H and O–H groups in total. The number of benzene rings is 1. The highest BCUT2D eigenvalue weighted by molar-refractivity contribution is 5.81. The second kappa shape index (κ2) is 4.53. The highest BCUT2D eigenvalue weighted by Crippen LogP contribution is 2.16. The van der Waals surface area contributed by atoms with Crippen molar-refractivity contribution in [1.82, 2.24) is 19.5 Å². The fraction of sp³-hybridized carbons (Fsp3) is 0.0714. The number of hydrogen-bond donors (Lipinski definition) is 1. The number of anilines is 1. The first-order valence-electron chi connectivity index (χ1n) is 5.90. The van der Waals surface area contributed by atoms with E-state index in [4.69, 9.17) is 5.73 Å². The number of nitrogens with zero attached hydrogens (tertiary/aromatic N) is 4. The molecule has 0 fully saturated rings. The minimum absolute atomic E-state index is 0.406. The number of aromatic nitrogens is 4. The molecule has 0 atom stereocenters. The maximum atomic E-state index is 5.77. The highest BCUT2D eigenvalue weighted by atomic mass is 15.1. The molecule has 0 unspecified atom stereocenters. The van der Waals surface area contributed by atoms with Gasteiger partial charge in [0.05, 0.1) is 12.9 Å². The van der Waals surface area contributed by atoms with Gasteiger partial charge in [-0.2, -0.15) is 0 Å². The predicted molar refractivity (Wildman–Crippen MR) is 75.4 cm³/mol. The van der Waals surface area contributed by atoms with Crippen LogP contribution in [0.15, 0.2) is 43.5 Å². The smallest absolute Gasteiger partial charge is 0.165 e. The highest BCUT2D eigenvalue weighted by Gasteiger charge is 2.07. The predicted octanol–water partition coefficient (Wildman–Crippen LogP) is 2.10. The van der Waals surface area contributed by atoms with Gasteiger partial charge in [0, 0.05) is 0 Å². The zero-order valence-corrected chi connectivity index (χ0v) is 10.3. The van der Waals surface area contributed by atoms with Crippen LogP contribution in [0.5, 0.6) is 0 Å². The number of fused-ring (bicyclic) bond motifs is 1. The van der Waals surface area contributed by atoms with E-state index in [1.807, 2.05) is 22.8 Å². The molecule has 2 aromatic heterocycles. The van der Waals surface area contributed by atoms with Gasteiger partial charge in [-0.05, 0) is 17.2 Å². The van der Waals surface area contributed by atoms with Crippen molar-refractivity contribution in [2.24, 2.45) is 0 Å². The average molecular weight is 251 g/mol. The Kier molecular flexibility index (Phi) is 2.72. The third kappa shape index (κ3) is 2.06. The van der Waals surface area contributed by atoms with Gasteiger partial charge in [-0.1, -0.05) is 30.9 Å². The van der Waals surface area contributed by atoms with Crippen LogP contribution in [-0.4, -0.2) is 19.5 Å². The summed E-state index contributed by atoms with van der Waals surface area (Å²) in [6.45, 7) is 4.46. The average Bonchev–Trinajstić information content (AvgIpc) is 2.84. The van der Waals surface area contributed by atoms with E-state index in [2.05, 4.69) is 33.7 Å². The van der Waals surface area contributed by atoms with Crippen molar-refractivity contribution in [1.29, 1.82) is 0 Å². The minimum atomic E-state index is 0.406. The first kappa shape index (κ1) is 11.4. The summed E-state index contributed by atoms with van der Waals surface area (Å²) in [5.74, 6) is 0.406. The first-order valence-corrected chi connectivity index (χ1v) is 5.90. The fourth-order valence-corrected chi connectivity index (χ4v) is 2.03. The van der Waals surface area contributed by atoms with Crippen LogP contribution in [0.4, 0.5) is 5.82 Å². The molecule has 0 saturated carbocycles. The summed E-state index contributed by atoms with van der Waals surface area (Å²) >= 11 is 0. The van der Waals surface area contributed by atoms with Crippen LogP contribution >= 0.6 is 0 Å². The van der Waals surface area contributed by atoms with Crippen LogP contribution in [0.2, 0.25) is 0 Å². The summed E-state index contributed by atoms with van der Waals surface area (Å²) in [6.07, 6.45) is 5.02. The SMILES string of the molecule is C=Cc1cccc(Cn2cnc3c(N)ncnc32)c1. The zero-order chi connectivity index (χ0) is 13.2. The maximum absolute atomic E-state index is 5.77. The largest absolute Gasteiger partial charge is 0.382 e. The van der Waals surface area contributed by atoms with Crippen molar-refractivity contribution in [3.8, 4) is 0 Å². The van der Waals surface area contributed by atoms with Gasteiger partial charge in [0.25, 0.3) is 0 Å². The topological polar surface area (TPSA) is 69.6 Å². The third-order valence-corrected chi connectivity index (χ3v) is 2.97.